The number of piperidine rings is 1. The van der Waals surface area contributed by atoms with Crippen molar-refractivity contribution in [3.8, 4) is 0 Å². The Morgan fingerprint density at radius 2 is 2.04 bits per heavy atom. The Balaban J connectivity index is 1.68. The lowest BCUT2D eigenvalue weighted by atomic mass is 10.00. The van der Waals surface area contributed by atoms with Crippen LogP contribution in [-0.4, -0.2) is 46.4 Å². The van der Waals surface area contributed by atoms with E-state index < -0.39 is 0 Å². The van der Waals surface area contributed by atoms with Gasteiger partial charge in [-0.1, -0.05) is 6.92 Å². The standard InChI is InChI=1S/C20H24N4O3/c1-3-27-20(26)15-6-8-16(9-7-15)23-18-11-17(21-13-22-18)19(25)24-10-4-5-14(2)12-24/h6-9,11,13-14H,3-5,10,12H2,1-2H3,(H,21,22,23). The van der Waals surface area contributed by atoms with Gasteiger partial charge in [0.15, 0.2) is 0 Å². The molecule has 1 atom stereocenters. The molecule has 1 N–H and O–H groups in total. The molecule has 0 radical (unpaired) electrons. The van der Waals surface area contributed by atoms with Crippen LogP contribution >= 0.6 is 0 Å². The van der Waals surface area contributed by atoms with Crippen molar-refractivity contribution in [1.29, 1.82) is 0 Å². The fourth-order valence-electron chi connectivity index (χ4n) is 3.13. The van der Waals surface area contributed by atoms with E-state index in [9.17, 15) is 9.59 Å². The summed E-state index contributed by atoms with van der Waals surface area (Å²) < 4.78 is 4.97. The first-order valence-corrected chi connectivity index (χ1v) is 9.22. The van der Waals surface area contributed by atoms with Gasteiger partial charge >= 0.3 is 5.97 Å². The molecule has 1 aliphatic heterocycles. The van der Waals surface area contributed by atoms with E-state index in [4.69, 9.17) is 4.74 Å². The van der Waals surface area contributed by atoms with Crippen LogP contribution in [0.4, 0.5) is 11.5 Å². The van der Waals surface area contributed by atoms with Crippen LogP contribution in [0.3, 0.4) is 0 Å². The first-order chi connectivity index (χ1) is 13.1. The summed E-state index contributed by atoms with van der Waals surface area (Å²) in [6.45, 7) is 5.80. The second-order valence-electron chi connectivity index (χ2n) is 6.71. The van der Waals surface area contributed by atoms with Crippen LogP contribution in [0.15, 0.2) is 36.7 Å². The fourth-order valence-corrected chi connectivity index (χ4v) is 3.13. The summed E-state index contributed by atoms with van der Waals surface area (Å²) in [5, 5.41) is 3.14. The number of likely N-dealkylation sites (tertiary alicyclic amines) is 1. The molecule has 1 aliphatic rings. The molecule has 7 heteroatoms. The number of esters is 1. The van der Waals surface area contributed by atoms with Crippen LogP contribution in [0, 0.1) is 5.92 Å². The molecule has 2 aromatic rings. The minimum Gasteiger partial charge on any atom is -0.462 e. The summed E-state index contributed by atoms with van der Waals surface area (Å²) in [6, 6.07) is 8.55. The Hall–Kier alpha value is -2.96. The van der Waals surface area contributed by atoms with Crippen molar-refractivity contribution < 1.29 is 14.3 Å². The maximum atomic E-state index is 12.7. The van der Waals surface area contributed by atoms with Gasteiger partial charge in [-0.2, -0.15) is 0 Å². The molecule has 142 valence electrons. The quantitative estimate of drug-likeness (QED) is 0.816. The van der Waals surface area contributed by atoms with Crippen molar-refractivity contribution >= 4 is 23.4 Å². The average molecular weight is 368 g/mol. The SMILES string of the molecule is CCOC(=O)c1ccc(Nc2cc(C(=O)N3CCCC(C)C3)ncn2)cc1. The van der Waals surface area contributed by atoms with Crippen LogP contribution in [0.5, 0.6) is 0 Å². The lowest BCUT2D eigenvalue weighted by Crippen LogP contribution is -2.39. The van der Waals surface area contributed by atoms with E-state index >= 15 is 0 Å². The van der Waals surface area contributed by atoms with E-state index in [0.29, 0.717) is 29.6 Å². The smallest absolute Gasteiger partial charge is 0.338 e. The maximum Gasteiger partial charge on any atom is 0.338 e. The summed E-state index contributed by atoms with van der Waals surface area (Å²) >= 11 is 0. The van der Waals surface area contributed by atoms with Gasteiger partial charge in [-0.25, -0.2) is 14.8 Å². The third-order valence-corrected chi connectivity index (χ3v) is 4.50. The van der Waals surface area contributed by atoms with Crippen LogP contribution in [0.1, 0.15) is 47.5 Å². The minimum absolute atomic E-state index is 0.0651. The zero-order chi connectivity index (χ0) is 19.2. The second-order valence-corrected chi connectivity index (χ2v) is 6.71. The van der Waals surface area contributed by atoms with Crippen LogP contribution < -0.4 is 5.32 Å². The third-order valence-electron chi connectivity index (χ3n) is 4.50. The highest BCUT2D eigenvalue weighted by atomic mass is 16.5. The Kier molecular flexibility index (Phi) is 6.01. The number of benzene rings is 1. The molecule has 1 fully saturated rings. The summed E-state index contributed by atoms with van der Waals surface area (Å²) in [5.74, 6) is 0.627. The van der Waals surface area contributed by atoms with Gasteiger partial charge in [-0.15, -0.1) is 0 Å². The number of ether oxygens (including phenoxy) is 1. The molecular weight excluding hydrogens is 344 g/mol. The van der Waals surface area contributed by atoms with Gasteiger partial charge in [0.05, 0.1) is 12.2 Å². The molecule has 0 saturated carbocycles. The van der Waals surface area contributed by atoms with Gasteiger partial charge < -0.3 is 15.0 Å². The van der Waals surface area contributed by atoms with Crippen molar-refractivity contribution in [3.63, 3.8) is 0 Å². The predicted octanol–water partition coefficient (Wildman–Crippen LogP) is 3.27. The van der Waals surface area contributed by atoms with Gasteiger partial charge in [-0.05, 0) is 49.9 Å². The van der Waals surface area contributed by atoms with E-state index in [0.717, 1.165) is 31.6 Å². The van der Waals surface area contributed by atoms with Crippen molar-refractivity contribution in [2.24, 2.45) is 5.92 Å². The highest BCUT2D eigenvalue weighted by Crippen LogP contribution is 2.19. The second kappa shape index (κ2) is 8.62. The first kappa shape index (κ1) is 18.8. The number of hydrogen-bond acceptors (Lipinski definition) is 6. The molecule has 1 aromatic carbocycles. The zero-order valence-electron chi connectivity index (χ0n) is 15.6. The number of anilines is 2. The average Bonchev–Trinajstić information content (AvgIpc) is 2.68. The molecule has 7 nitrogen and oxygen atoms in total. The molecule has 2 heterocycles. The van der Waals surface area contributed by atoms with E-state index in [-0.39, 0.29) is 11.9 Å². The first-order valence-electron chi connectivity index (χ1n) is 9.22. The number of rotatable bonds is 5. The lowest BCUT2D eigenvalue weighted by molar-refractivity contribution is 0.0526. The number of carbonyl (C=O) groups excluding carboxylic acids is 2. The fraction of sp³-hybridized carbons (Fsp3) is 0.400. The monoisotopic (exact) mass is 368 g/mol. The lowest BCUT2D eigenvalue weighted by Gasteiger charge is -2.30. The molecular formula is C20H24N4O3. The van der Waals surface area contributed by atoms with E-state index in [1.54, 1.807) is 37.3 Å². The largest absolute Gasteiger partial charge is 0.462 e. The number of hydrogen-bond donors (Lipinski definition) is 1. The number of aromatic nitrogens is 2. The van der Waals surface area contributed by atoms with E-state index in [1.165, 1.54) is 6.33 Å². The molecule has 3 rings (SSSR count). The Bertz CT molecular complexity index is 807. The number of amides is 1. The number of carbonyl (C=O) groups is 2. The van der Waals surface area contributed by atoms with Crippen LogP contribution in [0.2, 0.25) is 0 Å². The Morgan fingerprint density at radius 3 is 2.74 bits per heavy atom. The molecule has 0 spiro atoms. The van der Waals surface area contributed by atoms with Gasteiger partial charge in [-0.3, -0.25) is 4.79 Å². The zero-order valence-corrected chi connectivity index (χ0v) is 15.6. The van der Waals surface area contributed by atoms with Gasteiger partial charge in [0, 0.05) is 24.8 Å². The minimum atomic E-state index is -0.352. The Labute approximate surface area is 158 Å². The van der Waals surface area contributed by atoms with Gasteiger partial charge in [0.2, 0.25) is 0 Å². The van der Waals surface area contributed by atoms with Crippen LogP contribution in [0.25, 0.3) is 0 Å². The normalized spacial score (nSPS) is 16.7. The van der Waals surface area contributed by atoms with Gasteiger partial charge in [0.25, 0.3) is 5.91 Å². The van der Waals surface area contributed by atoms with Crippen molar-refractivity contribution in [2.75, 3.05) is 25.0 Å². The van der Waals surface area contributed by atoms with E-state index in [2.05, 4.69) is 22.2 Å². The molecule has 1 unspecified atom stereocenters. The topological polar surface area (TPSA) is 84.4 Å². The number of nitrogens with zero attached hydrogens (tertiary/aromatic N) is 3. The summed E-state index contributed by atoms with van der Waals surface area (Å²) in [7, 11) is 0. The van der Waals surface area contributed by atoms with Crippen molar-refractivity contribution in [1.82, 2.24) is 14.9 Å². The van der Waals surface area contributed by atoms with Crippen LogP contribution in [-0.2, 0) is 4.74 Å². The summed E-state index contributed by atoms with van der Waals surface area (Å²) in [4.78, 5) is 34.6. The molecule has 1 aromatic heterocycles. The highest BCUT2D eigenvalue weighted by Gasteiger charge is 2.23. The molecule has 27 heavy (non-hydrogen) atoms. The van der Waals surface area contributed by atoms with Crippen molar-refractivity contribution in [3.05, 3.63) is 47.9 Å². The molecule has 1 saturated heterocycles. The molecule has 0 bridgehead atoms. The highest BCUT2D eigenvalue weighted by molar-refractivity contribution is 5.93. The summed E-state index contributed by atoms with van der Waals surface area (Å²) in [5.41, 5.74) is 1.62. The predicted molar refractivity (Wildman–Crippen MR) is 102 cm³/mol. The summed E-state index contributed by atoms with van der Waals surface area (Å²) in [6.07, 6.45) is 3.56. The molecule has 1 amide bonds. The van der Waals surface area contributed by atoms with Crippen molar-refractivity contribution in [2.45, 2.75) is 26.7 Å². The maximum absolute atomic E-state index is 12.7. The third kappa shape index (κ3) is 4.81. The van der Waals surface area contributed by atoms with Gasteiger partial charge in [0.1, 0.15) is 17.8 Å². The Morgan fingerprint density at radius 1 is 1.26 bits per heavy atom. The van der Waals surface area contributed by atoms with E-state index in [1.807, 2.05) is 4.90 Å². The molecule has 0 aliphatic carbocycles. The number of nitrogens with one attached hydrogen (secondary N) is 1.